The lowest BCUT2D eigenvalue weighted by Crippen LogP contribution is -2.66. The molecule has 4 nitrogen and oxygen atoms in total. The Morgan fingerprint density at radius 3 is 2.63 bits per heavy atom. The third kappa shape index (κ3) is 2.76. The summed E-state index contributed by atoms with van der Waals surface area (Å²) in [5.74, 6) is 0.109. The number of rotatable bonds is 3. The van der Waals surface area contributed by atoms with Crippen LogP contribution in [0.5, 0.6) is 0 Å². The Morgan fingerprint density at radius 1 is 1.32 bits per heavy atom. The van der Waals surface area contributed by atoms with E-state index < -0.39 is 0 Å². The second-order valence-electron chi connectivity index (χ2n) is 5.52. The van der Waals surface area contributed by atoms with Crippen LogP contribution in [-0.2, 0) is 9.59 Å². The first-order valence-electron chi connectivity index (χ1n) is 7.25. The summed E-state index contributed by atoms with van der Waals surface area (Å²) in [6.07, 6.45) is 7.37. The Hall–Kier alpha value is -0.710. The van der Waals surface area contributed by atoms with Gasteiger partial charge in [0.25, 0.3) is 0 Å². The third-order valence-corrected chi connectivity index (χ3v) is 5.56. The van der Waals surface area contributed by atoms with Gasteiger partial charge in [-0.25, -0.2) is 0 Å². The first kappa shape index (κ1) is 14.7. The molecule has 2 rings (SSSR count). The van der Waals surface area contributed by atoms with Crippen LogP contribution in [0.3, 0.4) is 0 Å². The maximum Gasteiger partial charge on any atom is 0.246 e. The van der Waals surface area contributed by atoms with Crippen molar-refractivity contribution in [2.75, 3.05) is 6.26 Å². The Kier molecular flexibility index (Phi) is 4.76. The average molecular weight is 284 g/mol. The highest BCUT2D eigenvalue weighted by Gasteiger charge is 2.43. The van der Waals surface area contributed by atoms with Crippen LogP contribution in [0.1, 0.15) is 46.0 Å². The number of carbonyl (C=O) groups excluding carboxylic acids is 2. The van der Waals surface area contributed by atoms with Crippen molar-refractivity contribution in [3.8, 4) is 0 Å². The number of hydrogen-bond donors (Lipinski definition) is 1. The van der Waals surface area contributed by atoms with E-state index in [4.69, 9.17) is 0 Å². The van der Waals surface area contributed by atoms with Crippen LogP contribution >= 0.6 is 11.8 Å². The van der Waals surface area contributed by atoms with E-state index in [2.05, 4.69) is 11.6 Å². The molecule has 0 bridgehead atoms. The van der Waals surface area contributed by atoms with E-state index in [-0.39, 0.29) is 29.9 Å². The van der Waals surface area contributed by atoms with Gasteiger partial charge in [-0.05, 0) is 32.4 Å². The minimum atomic E-state index is -0.326. The normalized spacial score (nSPS) is 36.3. The zero-order valence-electron chi connectivity index (χ0n) is 12.0. The quantitative estimate of drug-likeness (QED) is 0.859. The molecule has 1 N–H and O–H groups in total. The van der Waals surface area contributed by atoms with Gasteiger partial charge in [0, 0.05) is 11.3 Å². The summed E-state index contributed by atoms with van der Waals surface area (Å²) in [6, 6.07) is -0.424. The Labute approximate surface area is 119 Å². The average Bonchev–Trinajstić information content (AvgIpc) is 2.43. The summed E-state index contributed by atoms with van der Waals surface area (Å²) in [7, 11) is 0. The minimum absolute atomic E-state index is 0.00289. The van der Waals surface area contributed by atoms with Crippen molar-refractivity contribution in [3.63, 3.8) is 0 Å². The van der Waals surface area contributed by atoms with E-state index in [1.807, 2.05) is 30.5 Å². The summed E-state index contributed by atoms with van der Waals surface area (Å²) in [4.78, 5) is 26.5. The van der Waals surface area contributed by atoms with E-state index in [0.717, 1.165) is 19.3 Å². The second kappa shape index (κ2) is 6.16. The van der Waals surface area contributed by atoms with Crippen LogP contribution in [0, 0.1) is 0 Å². The van der Waals surface area contributed by atoms with E-state index in [0.29, 0.717) is 11.7 Å². The summed E-state index contributed by atoms with van der Waals surface area (Å²) >= 11 is 1.84. The number of amides is 2. The fraction of sp³-hybridized carbons (Fsp3) is 0.857. The number of thioether (sulfide) groups is 1. The van der Waals surface area contributed by atoms with Crippen LogP contribution in [0.15, 0.2) is 0 Å². The number of nitrogens with one attached hydrogen (secondary N) is 1. The SMILES string of the molecule is CCC1NC(=O)C(C)N(C2CCCCC2SC)C1=O. The van der Waals surface area contributed by atoms with Crippen LogP contribution in [-0.4, -0.2) is 46.3 Å². The first-order chi connectivity index (χ1) is 9.10. The van der Waals surface area contributed by atoms with Gasteiger partial charge in [-0.2, -0.15) is 11.8 Å². The number of nitrogens with zero attached hydrogens (tertiary/aromatic N) is 1. The standard InChI is InChI=1S/C14H24N2O2S/c1-4-10-14(18)16(9(2)13(17)15-10)11-7-5-6-8-12(11)19-3/h9-12H,4-8H2,1-3H3,(H,15,17). The molecule has 0 aromatic rings. The topological polar surface area (TPSA) is 49.4 Å². The zero-order chi connectivity index (χ0) is 14.0. The summed E-state index contributed by atoms with van der Waals surface area (Å²) in [5, 5.41) is 3.31. The molecule has 108 valence electrons. The summed E-state index contributed by atoms with van der Waals surface area (Å²) in [5.41, 5.74) is 0. The van der Waals surface area contributed by atoms with E-state index >= 15 is 0 Å². The van der Waals surface area contributed by atoms with Gasteiger partial charge in [-0.15, -0.1) is 0 Å². The minimum Gasteiger partial charge on any atom is -0.343 e. The van der Waals surface area contributed by atoms with Crippen LogP contribution in [0.2, 0.25) is 0 Å². The molecule has 2 amide bonds. The lowest BCUT2D eigenvalue weighted by molar-refractivity contribution is -0.152. The molecular formula is C14H24N2O2S. The molecule has 2 fully saturated rings. The van der Waals surface area contributed by atoms with E-state index in [1.165, 1.54) is 6.42 Å². The summed E-state index contributed by atoms with van der Waals surface area (Å²) in [6.45, 7) is 3.80. The molecule has 1 aliphatic heterocycles. The van der Waals surface area contributed by atoms with Crippen LogP contribution in [0.25, 0.3) is 0 Å². The Morgan fingerprint density at radius 2 is 2.00 bits per heavy atom. The van der Waals surface area contributed by atoms with E-state index in [1.54, 1.807) is 0 Å². The number of carbonyl (C=O) groups is 2. The molecule has 0 aromatic heterocycles. The molecule has 0 spiro atoms. The lowest BCUT2D eigenvalue weighted by Gasteiger charge is -2.46. The van der Waals surface area contributed by atoms with Crippen molar-refractivity contribution in [2.24, 2.45) is 0 Å². The van der Waals surface area contributed by atoms with Gasteiger partial charge in [-0.1, -0.05) is 19.8 Å². The molecule has 1 aliphatic carbocycles. The largest absolute Gasteiger partial charge is 0.343 e. The lowest BCUT2D eigenvalue weighted by atomic mass is 9.90. The fourth-order valence-electron chi connectivity index (χ4n) is 3.25. The molecule has 0 radical (unpaired) electrons. The molecule has 2 aliphatic rings. The Balaban J connectivity index is 2.23. The highest BCUT2D eigenvalue weighted by atomic mass is 32.2. The van der Waals surface area contributed by atoms with Gasteiger partial charge in [0.05, 0.1) is 0 Å². The van der Waals surface area contributed by atoms with Crippen LogP contribution in [0.4, 0.5) is 0 Å². The van der Waals surface area contributed by atoms with E-state index in [9.17, 15) is 9.59 Å². The predicted octanol–water partition coefficient (Wildman–Crippen LogP) is 1.79. The number of piperazine rings is 1. The van der Waals surface area contributed by atoms with Crippen molar-refractivity contribution in [2.45, 2.75) is 69.3 Å². The van der Waals surface area contributed by atoms with Gasteiger partial charge >= 0.3 is 0 Å². The van der Waals surface area contributed by atoms with Gasteiger partial charge in [0.1, 0.15) is 12.1 Å². The molecule has 1 heterocycles. The van der Waals surface area contributed by atoms with Gasteiger partial charge in [0.15, 0.2) is 0 Å². The molecule has 4 unspecified atom stereocenters. The molecule has 19 heavy (non-hydrogen) atoms. The fourth-order valence-corrected chi connectivity index (χ4v) is 4.23. The van der Waals surface area contributed by atoms with Gasteiger partial charge in [0.2, 0.25) is 11.8 Å². The summed E-state index contributed by atoms with van der Waals surface area (Å²) < 4.78 is 0. The van der Waals surface area contributed by atoms with Crippen LogP contribution < -0.4 is 5.32 Å². The highest BCUT2D eigenvalue weighted by Crippen LogP contribution is 2.33. The van der Waals surface area contributed by atoms with Crippen molar-refractivity contribution >= 4 is 23.6 Å². The van der Waals surface area contributed by atoms with Crippen molar-refractivity contribution in [3.05, 3.63) is 0 Å². The molecule has 1 saturated heterocycles. The zero-order valence-corrected chi connectivity index (χ0v) is 12.8. The molecule has 5 heteroatoms. The van der Waals surface area contributed by atoms with Gasteiger partial charge in [-0.3, -0.25) is 9.59 Å². The molecular weight excluding hydrogens is 260 g/mol. The monoisotopic (exact) mass is 284 g/mol. The first-order valence-corrected chi connectivity index (χ1v) is 8.54. The maximum absolute atomic E-state index is 12.6. The third-order valence-electron chi connectivity index (χ3n) is 4.40. The van der Waals surface area contributed by atoms with Crippen molar-refractivity contribution in [1.29, 1.82) is 0 Å². The molecule has 0 aromatic carbocycles. The Bertz CT molecular complexity index is 361. The number of hydrogen-bond acceptors (Lipinski definition) is 3. The van der Waals surface area contributed by atoms with Crippen molar-refractivity contribution < 1.29 is 9.59 Å². The van der Waals surface area contributed by atoms with Gasteiger partial charge < -0.3 is 10.2 Å². The molecule has 1 saturated carbocycles. The van der Waals surface area contributed by atoms with Crippen molar-refractivity contribution in [1.82, 2.24) is 10.2 Å². The smallest absolute Gasteiger partial charge is 0.246 e. The highest BCUT2D eigenvalue weighted by molar-refractivity contribution is 7.99. The predicted molar refractivity (Wildman–Crippen MR) is 78.1 cm³/mol. The maximum atomic E-state index is 12.6. The molecule has 4 atom stereocenters. The second-order valence-corrected chi connectivity index (χ2v) is 6.59.